The second-order valence-corrected chi connectivity index (χ2v) is 7.28. The van der Waals surface area contributed by atoms with Crippen LogP contribution in [0.4, 0.5) is 5.13 Å². The number of esters is 1. The average Bonchev–Trinajstić information content (AvgIpc) is 3.01. The zero-order valence-electron chi connectivity index (χ0n) is 14.8. The molecule has 5 nitrogen and oxygen atoms in total. The summed E-state index contributed by atoms with van der Waals surface area (Å²) in [6, 6.07) is 5.32. The van der Waals surface area contributed by atoms with Crippen LogP contribution in [0.1, 0.15) is 55.8 Å². The number of hydrogen-bond donors (Lipinski definition) is 2. The Morgan fingerprint density at radius 2 is 2.00 bits per heavy atom. The number of nitrogens with one attached hydrogen (secondary N) is 2. The fourth-order valence-corrected chi connectivity index (χ4v) is 3.64. The molecular weight excluding hydrogens is 354 g/mol. The molecule has 2 aromatic rings. The van der Waals surface area contributed by atoms with Gasteiger partial charge in [0, 0.05) is 6.54 Å². The van der Waals surface area contributed by atoms with Gasteiger partial charge in [0.25, 0.3) is 0 Å². The maximum Gasteiger partial charge on any atom is 0.337 e. The number of fused-ring (bicyclic) bond motifs is 1. The third-order valence-corrected chi connectivity index (χ3v) is 5.03. The number of carbonyl (C=O) groups is 1. The highest BCUT2D eigenvalue weighted by Crippen LogP contribution is 2.27. The average molecular weight is 380 g/mol. The van der Waals surface area contributed by atoms with Gasteiger partial charge in [0.15, 0.2) is 10.2 Å². The number of unbranched alkanes of at least 4 members (excludes halogenated alkanes) is 5. The van der Waals surface area contributed by atoms with E-state index in [2.05, 4.69) is 22.5 Å². The lowest BCUT2D eigenvalue weighted by molar-refractivity contribution is 0.0601. The maximum atomic E-state index is 11.6. The van der Waals surface area contributed by atoms with Gasteiger partial charge in [0.2, 0.25) is 0 Å². The summed E-state index contributed by atoms with van der Waals surface area (Å²) in [5.41, 5.74) is 1.35. The van der Waals surface area contributed by atoms with Gasteiger partial charge in [-0.25, -0.2) is 9.78 Å². The first-order valence-corrected chi connectivity index (χ1v) is 9.90. The minimum Gasteiger partial charge on any atom is -0.465 e. The molecule has 0 aliphatic carbocycles. The second kappa shape index (κ2) is 10.3. The van der Waals surface area contributed by atoms with Crippen molar-refractivity contribution in [3.63, 3.8) is 0 Å². The summed E-state index contributed by atoms with van der Waals surface area (Å²) in [6.07, 6.45) is 7.55. The summed E-state index contributed by atoms with van der Waals surface area (Å²) >= 11 is 6.78. The first-order valence-electron chi connectivity index (χ1n) is 8.67. The Kier molecular flexibility index (Phi) is 8.08. The van der Waals surface area contributed by atoms with Gasteiger partial charge in [-0.1, -0.05) is 50.4 Å². The summed E-state index contributed by atoms with van der Waals surface area (Å²) < 4.78 is 5.66. The standard InChI is InChI=1S/C18H25N3O2S2/c1-3-4-5-6-7-8-11-19-17(24)21-18-20-14-10-9-13(16(22)23-2)12-15(14)25-18/h9-10,12H,3-8,11H2,1-2H3,(H2,19,20,21,24). The number of thiocarbonyl (C=S) groups is 1. The number of methoxy groups -OCH3 is 1. The molecule has 1 aromatic heterocycles. The Balaban J connectivity index is 1.79. The molecule has 0 unspecified atom stereocenters. The molecular formula is C18H25N3O2S2. The molecule has 0 spiro atoms. The third-order valence-electron chi connectivity index (χ3n) is 3.85. The van der Waals surface area contributed by atoms with Crippen LogP contribution in [0.5, 0.6) is 0 Å². The number of thiazole rings is 1. The normalized spacial score (nSPS) is 10.6. The van der Waals surface area contributed by atoms with Crippen LogP contribution in [0.15, 0.2) is 18.2 Å². The van der Waals surface area contributed by atoms with Crippen molar-refractivity contribution in [3.8, 4) is 0 Å². The van der Waals surface area contributed by atoms with Gasteiger partial charge in [-0.3, -0.25) is 0 Å². The Labute approximate surface area is 158 Å². The van der Waals surface area contributed by atoms with Crippen molar-refractivity contribution in [2.24, 2.45) is 0 Å². The molecule has 0 aliphatic rings. The molecule has 0 saturated heterocycles. The quantitative estimate of drug-likeness (QED) is 0.373. The van der Waals surface area contributed by atoms with Crippen LogP contribution in [0, 0.1) is 0 Å². The molecule has 1 aromatic carbocycles. The lowest BCUT2D eigenvalue weighted by atomic mass is 10.1. The lowest BCUT2D eigenvalue weighted by Crippen LogP contribution is -2.29. The highest BCUT2D eigenvalue weighted by molar-refractivity contribution is 7.80. The van der Waals surface area contributed by atoms with Crippen molar-refractivity contribution in [1.82, 2.24) is 10.3 Å². The van der Waals surface area contributed by atoms with Gasteiger partial charge < -0.3 is 15.4 Å². The van der Waals surface area contributed by atoms with Crippen molar-refractivity contribution in [2.75, 3.05) is 19.0 Å². The fraction of sp³-hybridized carbons (Fsp3) is 0.500. The third kappa shape index (κ3) is 6.25. The zero-order valence-corrected chi connectivity index (χ0v) is 16.4. The number of aromatic nitrogens is 1. The van der Waals surface area contributed by atoms with Gasteiger partial charge in [-0.05, 0) is 36.8 Å². The SMILES string of the molecule is CCCCCCCCNC(=S)Nc1nc2ccc(C(=O)OC)cc2s1. The molecule has 25 heavy (non-hydrogen) atoms. The van der Waals surface area contributed by atoms with Crippen molar-refractivity contribution < 1.29 is 9.53 Å². The van der Waals surface area contributed by atoms with E-state index in [1.165, 1.54) is 50.6 Å². The molecule has 2 rings (SSSR count). The number of benzene rings is 1. The fourth-order valence-electron chi connectivity index (χ4n) is 2.47. The van der Waals surface area contributed by atoms with Gasteiger partial charge in [0.05, 0.1) is 22.9 Å². The Bertz CT molecular complexity index is 715. The van der Waals surface area contributed by atoms with Crippen molar-refractivity contribution in [1.29, 1.82) is 0 Å². The Hall–Kier alpha value is -1.73. The summed E-state index contributed by atoms with van der Waals surface area (Å²) in [7, 11) is 1.38. The predicted octanol–water partition coefficient (Wildman–Crippen LogP) is 4.73. The van der Waals surface area contributed by atoms with Gasteiger partial charge in [-0.15, -0.1) is 0 Å². The molecule has 7 heteroatoms. The van der Waals surface area contributed by atoms with Crippen LogP contribution in [-0.4, -0.2) is 29.7 Å². The van der Waals surface area contributed by atoms with E-state index in [9.17, 15) is 4.79 Å². The van der Waals surface area contributed by atoms with E-state index in [0.29, 0.717) is 10.7 Å². The largest absolute Gasteiger partial charge is 0.465 e. The number of hydrogen-bond acceptors (Lipinski definition) is 5. The molecule has 136 valence electrons. The van der Waals surface area contributed by atoms with E-state index in [1.54, 1.807) is 12.1 Å². The number of nitrogens with zero attached hydrogens (tertiary/aromatic N) is 1. The Morgan fingerprint density at radius 1 is 1.24 bits per heavy atom. The van der Waals surface area contributed by atoms with E-state index in [0.717, 1.165) is 28.3 Å². The van der Waals surface area contributed by atoms with E-state index in [1.807, 2.05) is 6.07 Å². The minimum absolute atomic E-state index is 0.346. The van der Waals surface area contributed by atoms with Crippen LogP contribution >= 0.6 is 23.6 Å². The van der Waals surface area contributed by atoms with Gasteiger partial charge >= 0.3 is 5.97 Å². The summed E-state index contributed by atoms with van der Waals surface area (Å²) in [5, 5.41) is 7.64. The molecule has 0 amide bonds. The monoisotopic (exact) mass is 379 g/mol. The predicted molar refractivity (Wildman–Crippen MR) is 109 cm³/mol. The van der Waals surface area contributed by atoms with Crippen LogP contribution in [-0.2, 0) is 4.74 Å². The molecule has 0 fully saturated rings. The number of rotatable bonds is 9. The second-order valence-electron chi connectivity index (χ2n) is 5.84. The first kappa shape index (κ1) is 19.6. The zero-order chi connectivity index (χ0) is 18.1. The van der Waals surface area contributed by atoms with Crippen molar-refractivity contribution in [2.45, 2.75) is 45.4 Å². The van der Waals surface area contributed by atoms with Crippen LogP contribution in [0.3, 0.4) is 0 Å². The Morgan fingerprint density at radius 3 is 2.76 bits per heavy atom. The molecule has 0 radical (unpaired) electrons. The lowest BCUT2D eigenvalue weighted by Gasteiger charge is -2.07. The first-order chi connectivity index (χ1) is 12.1. The molecule has 0 aliphatic heterocycles. The van der Waals surface area contributed by atoms with E-state index < -0.39 is 0 Å². The summed E-state index contributed by atoms with van der Waals surface area (Å²) in [5.74, 6) is -0.346. The van der Waals surface area contributed by atoms with E-state index >= 15 is 0 Å². The van der Waals surface area contributed by atoms with Crippen LogP contribution in [0.25, 0.3) is 10.2 Å². The molecule has 1 heterocycles. The smallest absolute Gasteiger partial charge is 0.337 e. The number of ether oxygens (including phenoxy) is 1. The number of anilines is 1. The molecule has 0 bridgehead atoms. The highest BCUT2D eigenvalue weighted by Gasteiger charge is 2.10. The van der Waals surface area contributed by atoms with Crippen LogP contribution in [0.2, 0.25) is 0 Å². The summed E-state index contributed by atoms with van der Waals surface area (Å²) in [4.78, 5) is 16.1. The minimum atomic E-state index is -0.346. The van der Waals surface area contributed by atoms with E-state index in [4.69, 9.17) is 17.0 Å². The number of carbonyl (C=O) groups excluding carboxylic acids is 1. The molecule has 2 N–H and O–H groups in total. The van der Waals surface area contributed by atoms with Crippen LogP contribution < -0.4 is 10.6 Å². The topological polar surface area (TPSA) is 63.2 Å². The maximum absolute atomic E-state index is 11.6. The van der Waals surface area contributed by atoms with Gasteiger partial charge in [-0.2, -0.15) is 0 Å². The summed E-state index contributed by atoms with van der Waals surface area (Å²) in [6.45, 7) is 3.10. The van der Waals surface area contributed by atoms with Crippen molar-refractivity contribution in [3.05, 3.63) is 23.8 Å². The van der Waals surface area contributed by atoms with Gasteiger partial charge in [0.1, 0.15) is 0 Å². The molecule has 0 saturated carbocycles. The van der Waals surface area contributed by atoms with E-state index in [-0.39, 0.29) is 5.97 Å². The molecule has 0 atom stereocenters. The highest BCUT2D eigenvalue weighted by atomic mass is 32.1. The van der Waals surface area contributed by atoms with Crippen molar-refractivity contribution >= 4 is 50.0 Å².